The molecule has 0 aromatic heterocycles. The first-order valence-corrected chi connectivity index (χ1v) is 4.05. The molecule has 0 aromatic rings. The van der Waals surface area contributed by atoms with Crippen LogP contribution < -0.4 is 5.73 Å². The highest BCUT2D eigenvalue weighted by Crippen LogP contribution is 1.97. The van der Waals surface area contributed by atoms with Gasteiger partial charge >= 0.3 is 5.97 Å². The monoisotopic (exact) mass is 175 g/mol. The minimum Gasteiger partial charge on any atom is -0.464 e. The van der Waals surface area contributed by atoms with Gasteiger partial charge in [0.2, 0.25) is 0 Å². The van der Waals surface area contributed by atoms with E-state index in [0.29, 0.717) is 6.61 Å². The van der Waals surface area contributed by atoms with Crippen molar-refractivity contribution in [2.75, 3.05) is 6.61 Å². The van der Waals surface area contributed by atoms with Gasteiger partial charge in [0, 0.05) is 0 Å². The predicted molar refractivity (Wildman–Crippen MR) is 45.5 cm³/mol. The fraction of sp³-hybridized carbons (Fsp3) is 0.875. The maximum absolute atomic E-state index is 11.0. The van der Waals surface area contributed by atoms with Crippen molar-refractivity contribution in [3.63, 3.8) is 0 Å². The van der Waals surface area contributed by atoms with Crippen LogP contribution in [-0.2, 0) is 9.53 Å². The van der Waals surface area contributed by atoms with Gasteiger partial charge in [-0.25, -0.2) is 0 Å². The molecule has 12 heavy (non-hydrogen) atoms. The predicted octanol–water partition coefficient (Wildman–Crippen LogP) is -0.106. The van der Waals surface area contributed by atoms with Crippen molar-refractivity contribution in [1.29, 1.82) is 0 Å². The van der Waals surface area contributed by atoms with Crippen LogP contribution in [0.3, 0.4) is 0 Å². The zero-order valence-electron chi connectivity index (χ0n) is 7.78. The van der Waals surface area contributed by atoms with E-state index in [1.54, 1.807) is 0 Å². The number of aliphatic hydroxyl groups is 1. The first-order chi connectivity index (χ1) is 5.45. The molecule has 0 bridgehead atoms. The van der Waals surface area contributed by atoms with Crippen molar-refractivity contribution in [2.45, 2.75) is 32.9 Å². The van der Waals surface area contributed by atoms with Gasteiger partial charge in [-0.2, -0.15) is 0 Å². The molecular weight excluding hydrogens is 158 g/mol. The Morgan fingerprint density at radius 3 is 2.33 bits per heavy atom. The molecule has 2 atom stereocenters. The van der Waals surface area contributed by atoms with E-state index in [1.165, 1.54) is 6.92 Å². The molecule has 0 aliphatic heterocycles. The van der Waals surface area contributed by atoms with Crippen molar-refractivity contribution >= 4 is 5.97 Å². The molecule has 3 N–H and O–H groups in total. The summed E-state index contributed by atoms with van der Waals surface area (Å²) in [5.74, 6) is -0.256. The highest BCUT2D eigenvalue weighted by Gasteiger charge is 2.20. The van der Waals surface area contributed by atoms with Gasteiger partial charge < -0.3 is 15.6 Å². The van der Waals surface area contributed by atoms with Gasteiger partial charge in [-0.05, 0) is 12.8 Å². The summed E-state index contributed by atoms with van der Waals surface area (Å²) in [6.07, 6.45) is -0.857. The number of rotatable bonds is 4. The molecule has 0 rings (SSSR count). The Kier molecular flexibility index (Phi) is 4.85. The van der Waals surface area contributed by atoms with E-state index in [4.69, 9.17) is 15.6 Å². The van der Waals surface area contributed by atoms with Gasteiger partial charge in [0.25, 0.3) is 0 Å². The minimum atomic E-state index is -0.927. The van der Waals surface area contributed by atoms with Gasteiger partial charge in [0.1, 0.15) is 6.04 Å². The fourth-order valence-electron chi connectivity index (χ4n) is 0.542. The molecular formula is C8H17NO3. The van der Waals surface area contributed by atoms with Crippen LogP contribution >= 0.6 is 0 Å². The highest BCUT2D eigenvalue weighted by molar-refractivity contribution is 5.76. The molecule has 0 fully saturated rings. The Hall–Kier alpha value is -0.610. The third-order valence-corrected chi connectivity index (χ3v) is 1.35. The van der Waals surface area contributed by atoms with Gasteiger partial charge in [-0.1, -0.05) is 13.8 Å². The summed E-state index contributed by atoms with van der Waals surface area (Å²) in [5, 5.41) is 8.93. The molecule has 0 aromatic carbocycles. The first-order valence-electron chi connectivity index (χ1n) is 4.05. The number of carbonyl (C=O) groups excluding carboxylic acids is 1. The maximum atomic E-state index is 11.0. The van der Waals surface area contributed by atoms with Crippen molar-refractivity contribution in [1.82, 2.24) is 0 Å². The lowest BCUT2D eigenvalue weighted by atomic mass is 10.2. The summed E-state index contributed by atoms with van der Waals surface area (Å²) in [6, 6.07) is -0.927. The molecule has 0 heterocycles. The number of hydrogen-bond acceptors (Lipinski definition) is 4. The Morgan fingerprint density at radius 1 is 1.50 bits per heavy atom. The summed E-state index contributed by atoms with van der Waals surface area (Å²) in [6.45, 7) is 5.67. The topological polar surface area (TPSA) is 72.5 Å². The van der Waals surface area contributed by atoms with E-state index in [-0.39, 0.29) is 5.92 Å². The van der Waals surface area contributed by atoms with E-state index < -0.39 is 18.1 Å². The molecule has 72 valence electrons. The standard InChI is InChI=1S/C8H17NO3/c1-5(2)4-12-8(11)7(9)6(3)10/h5-7,10H,4,9H2,1-3H3/t6-,7+/m1/s1. The van der Waals surface area contributed by atoms with E-state index in [1.807, 2.05) is 13.8 Å². The minimum absolute atomic E-state index is 0.287. The van der Waals surface area contributed by atoms with Crippen molar-refractivity contribution in [3.8, 4) is 0 Å². The quantitative estimate of drug-likeness (QED) is 0.585. The van der Waals surface area contributed by atoms with Crippen LogP contribution in [0, 0.1) is 5.92 Å². The fourth-order valence-corrected chi connectivity index (χ4v) is 0.542. The Balaban J connectivity index is 3.72. The molecule has 0 aliphatic rings. The van der Waals surface area contributed by atoms with Crippen molar-refractivity contribution in [3.05, 3.63) is 0 Å². The van der Waals surface area contributed by atoms with E-state index >= 15 is 0 Å². The van der Waals surface area contributed by atoms with Gasteiger partial charge in [-0.15, -0.1) is 0 Å². The van der Waals surface area contributed by atoms with Crippen LogP contribution in [0.1, 0.15) is 20.8 Å². The van der Waals surface area contributed by atoms with Gasteiger partial charge in [-0.3, -0.25) is 4.79 Å². The molecule has 0 saturated carbocycles. The smallest absolute Gasteiger partial charge is 0.325 e. The lowest BCUT2D eigenvalue weighted by Gasteiger charge is -2.14. The molecule has 0 spiro atoms. The number of ether oxygens (including phenoxy) is 1. The largest absolute Gasteiger partial charge is 0.464 e. The number of esters is 1. The van der Waals surface area contributed by atoms with E-state index in [9.17, 15) is 4.79 Å². The zero-order chi connectivity index (χ0) is 9.72. The summed E-state index contributed by atoms with van der Waals surface area (Å²) >= 11 is 0. The highest BCUT2D eigenvalue weighted by atomic mass is 16.5. The third kappa shape index (κ3) is 4.31. The number of hydrogen-bond donors (Lipinski definition) is 2. The van der Waals surface area contributed by atoms with Crippen LogP contribution in [0.2, 0.25) is 0 Å². The van der Waals surface area contributed by atoms with Crippen molar-refractivity contribution in [2.24, 2.45) is 11.7 Å². The zero-order valence-corrected chi connectivity index (χ0v) is 7.78. The van der Waals surface area contributed by atoms with E-state index in [0.717, 1.165) is 0 Å². The average molecular weight is 175 g/mol. The molecule has 4 nitrogen and oxygen atoms in total. The van der Waals surface area contributed by atoms with Crippen LogP contribution in [-0.4, -0.2) is 29.8 Å². The van der Waals surface area contributed by atoms with Crippen LogP contribution in [0.4, 0.5) is 0 Å². The number of nitrogens with two attached hydrogens (primary N) is 1. The lowest BCUT2D eigenvalue weighted by molar-refractivity contribution is -0.148. The summed E-state index contributed by atoms with van der Waals surface area (Å²) in [4.78, 5) is 11.0. The van der Waals surface area contributed by atoms with E-state index in [2.05, 4.69) is 0 Å². The second kappa shape index (κ2) is 5.11. The first kappa shape index (κ1) is 11.4. The summed E-state index contributed by atoms with van der Waals surface area (Å²) < 4.78 is 4.80. The molecule has 0 radical (unpaired) electrons. The van der Waals surface area contributed by atoms with Crippen LogP contribution in [0.15, 0.2) is 0 Å². The van der Waals surface area contributed by atoms with Crippen LogP contribution in [0.25, 0.3) is 0 Å². The Bertz CT molecular complexity index is 145. The normalized spacial score (nSPS) is 15.8. The third-order valence-electron chi connectivity index (χ3n) is 1.35. The number of carbonyl (C=O) groups is 1. The number of aliphatic hydroxyl groups excluding tert-OH is 1. The van der Waals surface area contributed by atoms with Crippen LogP contribution in [0.5, 0.6) is 0 Å². The van der Waals surface area contributed by atoms with Crippen molar-refractivity contribution < 1.29 is 14.6 Å². The average Bonchev–Trinajstić information content (AvgIpc) is 1.98. The molecule has 0 amide bonds. The second-order valence-electron chi connectivity index (χ2n) is 3.29. The molecule has 0 aliphatic carbocycles. The molecule has 0 unspecified atom stereocenters. The SMILES string of the molecule is CC(C)COC(=O)[C@@H](N)[C@@H](C)O. The maximum Gasteiger partial charge on any atom is 0.325 e. The summed E-state index contributed by atoms with van der Waals surface area (Å²) in [7, 11) is 0. The Labute approximate surface area is 72.7 Å². The van der Waals surface area contributed by atoms with Gasteiger partial charge in [0.15, 0.2) is 0 Å². The summed E-state index contributed by atoms with van der Waals surface area (Å²) in [5.41, 5.74) is 5.32. The second-order valence-corrected chi connectivity index (χ2v) is 3.29. The molecule has 0 saturated heterocycles. The van der Waals surface area contributed by atoms with Gasteiger partial charge in [0.05, 0.1) is 12.7 Å². The Morgan fingerprint density at radius 2 is 2.00 bits per heavy atom. The molecule has 4 heteroatoms. The lowest BCUT2D eigenvalue weighted by Crippen LogP contribution is -2.41.